The molecule has 1 saturated heterocycles. The van der Waals surface area contributed by atoms with E-state index in [0.29, 0.717) is 5.41 Å². The van der Waals surface area contributed by atoms with Crippen molar-refractivity contribution in [2.75, 3.05) is 7.11 Å². The number of hydrogen-bond donors (Lipinski definition) is 0. The molecule has 0 aromatic carbocycles. The highest BCUT2D eigenvalue weighted by atomic mass is 16.7. The standard InChI is InChI=1S/C13H22O3/c1-12(2,3)9-5-7-13(8-6-9)10(16-13)11(14)15-4/h9-10H,5-8H2,1-4H3. The van der Waals surface area contributed by atoms with Crippen LogP contribution in [0, 0.1) is 11.3 Å². The van der Waals surface area contributed by atoms with E-state index >= 15 is 0 Å². The fourth-order valence-electron chi connectivity index (χ4n) is 2.92. The van der Waals surface area contributed by atoms with Gasteiger partial charge in [0.15, 0.2) is 6.10 Å². The summed E-state index contributed by atoms with van der Waals surface area (Å²) in [6, 6.07) is 0. The fraction of sp³-hybridized carbons (Fsp3) is 0.923. The second-order valence-electron chi connectivity index (χ2n) is 6.23. The first-order chi connectivity index (χ1) is 7.39. The van der Waals surface area contributed by atoms with Crippen LogP contribution in [0.2, 0.25) is 0 Å². The maximum atomic E-state index is 11.4. The molecule has 0 aromatic heterocycles. The van der Waals surface area contributed by atoms with Gasteiger partial charge in [-0.2, -0.15) is 0 Å². The van der Waals surface area contributed by atoms with Crippen LogP contribution in [-0.4, -0.2) is 24.8 Å². The summed E-state index contributed by atoms with van der Waals surface area (Å²) in [5, 5.41) is 0. The van der Waals surface area contributed by atoms with Gasteiger partial charge in [-0.25, -0.2) is 4.79 Å². The van der Waals surface area contributed by atoms with E-state index in [1.165, 1.54) is 7.11 Å². The van der Waals surface area contributed by atoms with Crippen molar-refractivity contribution < 1.29 is 14.3 Å². The van der Waals surface area contributed by atoms with Crippen LogP contribution in [0.3, 0.4) is 0 Å². The first kappa shape index (κ1) is 11.9. The molecule has 0 N–H and O–H groups in total. The number of hydrogen-bond acceptors (Lipinski definition) is 3. The molecule has 0 amide bonds. The van der Waals surface area contributed by atoms with Crippen molar-refractivity contribution in [2.24, 2.45) is 11.3 Å². The maximum Gasteiger partial charge on any atom is 0.338 e. The Morgan fingerprint density at radius 1 is 1.31 bits per heavy atom. The Kier molecular flexibility index (Phi) is 2.77. The first-order valence-electron chi connectivity index (χ1n) is 6.15. The number of rotatable bonds is 1. The van der Waals surface area contributed by atoms with E-state index in [1.807, 2.05) is 0 Å². The van der Waals surface area contributed by atoms with E-state index < -0.39 is 0 Å². The number of carbonyl (C=O) groups excluding carboxylic acids is 1. The van der Waals surface area contributed by atoms with Gasteiger partial charge in [-0.15, -0.1) is 0 Å². The van der Waals surface area contributed by atoms with E-state index in [9.17, 15) is 4.79 Å². The number of ether oxygens (including phenoxy) is 2. The van der Waals surface area contributed by atoms with Gasteiger partial charge in [-0.3, -0.25) is 0 Å². The summed E-state index contributed by atoms with van der Waals surface area (Å²) >= 11 is 0. The normalized spacial score (nSPS) is 38.5. The van der Waals surface area contributed by atoms with E-state index in [1.54, 1.807) is 0 Å². The van der Waals surface area contributed by atoms with E-state index in [2.05, 4.69) is 20.8 Å². The van der Waals surface area contributed by atoms with Crippen LogP contribution in [0.15, 0.2) is 0 Å². The number of carbonyl (C=O) groups is 1. The lowest BCUT2D eigenvalue weighted by molar-refractivity contribution is -0.142. The van der Waals surface area contributed by atoms with Gasteiger partial charge in [0.1, 0.15) is 5.60 Å². The Hall–Kier alpha value is -0.570. The molecule has 1 atom stereocenters. The SMILES string of the molecule is COC(=O)C1OC12CCC(C(C)(C)C)CC2. The quantitative estimate of drug-likeness (QED) is 0.509. The summed E-state index contributed by atoms with van der Waals surface area (Å²) < 4.78 is 10.3. The largest absolute Gasteiger partial charge is 0.467 e. The molecule has 0 bridgehead atoms. The molecule has 0 aromatic rings. The summed E-state index contributed by atoms with van der Waals surface area (Å²) in [5.41, 5.74) is 0.214. The molecule has 3 heteroatoms. The molecule has 2 fully saturated rings. The Labute approximate surface area is 97.5 Å². The molecule has 3 nitrogen and oxygen atoms in total. The molecule has 1 heterocycles. The first-order valence-corrected chi connectivity index (χ1v) is 6.15. The summed E-state index contributed by atoms with van der Waals surface area (Å²) in [5.74, 6) is 0.551. The predicted octanol–water partition coefficient (Wildman–Crippen LogP) is 2.53. The monoisotopic (exact) mass is 226 g/mol. The minimum absolute atomic E-state index is 0.158. The summed E-state index contributed by atoms with van der Waals surface area (Å²) in [7, 11) is 1.43. The van der Waals surface area contributed by atoms with Gasteiger partial charge in [0, 0.05) is 0 Å². The Bertz CT molecular complexity index is 282. The summed E-state index contributed by atoms with van der Waals surface area (Å²) in [6.45, 7) is 6.88. The fourth-order valence-corrected chi connectivity index (χ4v) is 2.92. The number of epoxide rings is 1. The highest BCUT2D eigenvalue weighted by Gasteiger charge is 2.62. The Balaban J connectivity index is 1.90. The lowest BCUT2D eigenvalue weighted by atomic mass is 9.69. The predicted molar refractivity (Wildman–Crippen MR) is 61.0 cm³/mol. The van der Waals surface area contributed by atoms with Crippen LogP contribution in [0.4, 0.5) is 0 Å². The Morgan fingerprint density at radius 2 is 1.88 bits per heavy atom. The molecule has 2 aliphatic rings. The maximum absolute atomic E-state index is 11.4. The van der Waals surface area contributed by atoms with Gasteiger partial charge in [-0.1, -0.05) is 20.8 Å². The van der Waals surface area contributed by atoms with Gasteiger partial charge in [0.25, 0.3) is 0 Å². The highest BCUT2D eigenvalue weighted by molar-refractivity contribution is 5.79. The topological polar surface area (TPSA) is 38.8 Å². The summed E-state index contributed by atoms with van der Waals surface area (Å²) in [6.07, 6.45) is 4.07. The number of esters is 1. The molecular weight excluding hydrogens is 204 g/mol. The summed E-state index contributed by atoms with van der Waals surface area (Å²) in [4.78, 5) is 11.4. The third-order valence-corrected chi connectivity index (χ3v) is 4.25. The molecule has 1 spiro atoms. The second kappa shape index (κ2) is 3.73. The van der Waals surface area contributed by atoms with Crippen molar-refractivity contribution in [3.63, 3.8) is 0 Å². The van der Waals surface area contributed by atoms with Crippen LogP contribution >= 0.6 is 0 Å². The zero-order valence-corrected chi connectivity index (χ0v) is 10.7. The second-order valence-corrected chi connectivity index (χ2v) is 6.23. The van der Waals surface area contributed by atoms with Gasteiger partial charge >= 0.3 is 5.97 Å². The van der Waals surface area contributed by atoms with Crippen molar-refractivity contribution in [2.45, 2.75) is 58.2 Å². The van der Waals surface area contributed by atoms with Crippen molar-refractivity contribution >= 4 is 5.97 Å². The molecular formula is C13H22O3. The minimum Gasteiger partial charge on any atom is -0.467 e. The van der Waals surface area contributed by atoms with Crippen LogP contribution in [-0.2, 0) is 14.3 Å². The zero-order chi connectivity index (χ0) is 12.0. The van der Waals surface area contributed by atoms with E-state index in [0.717, 1.165) is 31.6 Å². The molecule has 92 valence electrons. The zero-order valence-electron chi connectivity index (χ0n) is 10.7. The third-order valence-electron chi connectivity index (χ3n) is 4.25. The lowest BCUT2D eigenvalue weighted by Crippen LogP contribution is -2.32. The van der Waals surface area contributed by atoms with Gasteiger partial charge in [0.2, 0.25) is 0 Å². The smallest absolute Gasteiger partial charge is 0.338 e. The van der Waals surface area contributed by atoms with Crippen molar-refractivity contribution in [3.8, 4) is 0 Å². The third kappa shape index (κ3) is 1.97. The van der Waals surface area contributed by atoms with Gasteiger partial charge in [-0.05, 0) is 37.0 Å². The molecule has 0 radical (unpaired) electrons. The van der Waals surface area contributed by atoms with Crippen molar-refractivity contribution in [1.29, 1.82) is 0 Å². The minimum atomic E-state index is -0.279. The van der Waals surface area contributed by atoms with Gasteiger partial charge in [0.05, 0.1) is 7.11 Å². The highest BCUT2D eigenvalue weighted by Crippen LogP contribution is 2.52. The van der Waals surface area contributed by atoms with Crippen molar-refractivity contribution in [3.05, 3.63) is 0 Å². The molecule has 1 saturated carbocycles. The Morgan fingerprint density at radius 3 is 2.31 bits per heavy atom. The van der Waals surface area contributed by atoms with Crippen LogP contribution in [0.1, 0.15) is 46.5 Å². The van der Waals surface area contributed by atoms with Crippen LogP contribution < -0.4 is 0 Å². The van der Waals surface area contributed by atoms with Crippen molar-refractivity contribution in [1.82, 2.24) is 0 Å². The molecule has 16 heavy (non-hydrogen) atoms. The molecule has 1 aliphatic heterocycles. The molecule has 2 rings (SSSR count). The van der Waals surface area contributed by atoms with Crippen LogP contribution in [0.25, 0.3) is 0 Å². The van der Waals surface area contributed by atoms with Gasteiger partial charge < -0.3 is 9.47 Å². The average Bonchev–Trinajstić information content (AvgIpc) is 2.90. The van der Waals surface area contributed by atoms with E-state index in [-0.39, 0.29) is 17.7 Å². The number of methoxy groups -OCH3 is 1. The van der Waals surface area contributed by atoms with Crippen LogP contribution in [0.5, 0.6) is 0 Å². The molecule has 1 aliphatic carbocycles. The molecule has 1 unspecified atom stereocenters. The average molecular weight is 226 g/mol. The van der Waals surface area contributed by atoms with E-state index in [4.69, 9.17) is 9.47 Å². The lowest BCUT2D eigenvalue weighted by Gasteiger charge is -2.36.